The molecule has 1 rings (SSSR count). The average molecular weight is 229 g/mol. The van der Waals surface area contributed by atoms with Gasteiger partial charge in [-0.1, -0.05) is 0 Å². The monoisotopic (exact) mass is 229 g/mol. The number of amides is 1. The lowest BCUT2D eigenvalue weighted by Gasteiger charge is -2.03. The molecular weight excluding hydrogens is 210 g/mol. The van der Waals surface area contributed by atoms with E-state index < -0.39 is 5.97 Å². The highest BCUT2D eigenvalue weighted by molar-refractivity contribution is 5.94. The van der Waals surface area contributed by atoms with E-state index in [1.54, 1.807) is 11.8 Å². The summed E-state index contributed by atoms with van der Waals surface area (Å²) in [6.07, 6.45) is 1.71. The van der Waals surface area contributed by atoms with Crippen LogP contribution in [0.1, 0.15) is 33.1 Å². The molecule has 1 amide bonds. The second kappa shape index (κ2) is 7.84. The number of carbonyl (C=O) groups is 3. The summed E-state index contributed by atoms with van der Waals surface area (Å²) < 4.78 is 4.49. The van der Waals surface area contributed by atoms with Gasteiger partial charge in [-0.25, -0.2) is 0 Å². The molecular formula is C11H19NO4. The number of hydrogen-bond acceptors (Lipinski definition) is 4. The van der Waals surface area contributed by atoms with E-state index in [4.69, 9.17) is 0 Å². The van der Waals surface area contributed by atoms with Gasteiger partial charge >= 0.3 is 5.97 Å². The minimum absolute atomic E-state index is 0.103. The van der Waals surface area contributed by atoms with Crippen LogP contribution in [0.25, 0.3) is 0 Å². The predicted molar refractivity (Wildman–Crippen MR) is 58.8 cm³/mol. The molecule has 1 saturated heterocycles. The van der Waals surface area contributed by atoms with Crippen LogP contribution < -0.4 is 0 Å². The Morgan fingerprint density at radius 3 is 2.31 bits per heavy atom. The van der Waals surface area contributed by atoms with Gasteiger partial charge in [0.2, 0.25) is 5.91 Å². The van der Waals surface area contributed by atoms with E-state index in [1.807, 2.05) is 7.05 Å². The number of carbonyl (C=O) groups excluding carboxylic acids is 3. The molecule has 1 aliphatic rings. The second-order valence-corrected chi connectivity index (χ2v) is 3.60. The third-order valence-electron chi connectivity index (χ3n) is 2.01. The molecule has 0 aliphatic carbocycles. The van der Waals surface area contributed by atoms with Crippen molar-refractivity contribution < 1.29 is 19.1 Å². The molecule has 0 spiro atoms. The zero-order chi connectivity index (χ0) is 12.6. The molecule has 0 atom stereocenters. The van der Waals surface area contributed by atoms with Gasteiger partial charge in [-0.05, 0) is 20.3 Å². The molecule has 5 nitrogen and oxygen atoms in total. The number of rotatable bonds is 3. The van der Waals surface area contributed by atoms with Crippen LogP contribution in [0.2, 0.25) is 0 Å². The van der Waals surface area contributed by atoms with E-state index >= 15 is 0 Å². The van der Waals surface area contributed by atoms with E-state index in [9.17, 15) is 14.4 Å². The molecule has 0 aromatic heterocycles. The number of Topliss-reactive ketones (excluding diaryl/α,β-unsaturated/α-hetero) is 1. The summed E-state index contributed by atoms with van der Waals surface area (Å²) in [5, 5.41) is 0. The van der Waals surface area contributed by atoms with E-state index in [0.717, 1.165) is 19.4 Å². The Morgan fingerprint density at radius 1 is 1.44 bits per heavy atom. The quantitative estimate of drug-likeness (QED) is 0.529. The molecule has 0 saturated carbocycles. The number of hydrogen-bond donors (Lipinski definition) is 0. The summed E-state index contributed by atoms with van der Waals surface area (Å²) in [5.41, 5.74) is 0. The molecule has 0 unspecified atom stereocenters. The lowest BCUT2D eigenvalue weighted by molar-refractivity contribution is -0.145. The highest BCUT2D eigenvalue weighted by Crippen LogP contribution is 2.04. The molecule has 5 heteroatoms. The van der Waals surface area contributed by atoms with E-state index in [1.165, 1.54) is 6.92 Å². The van der Waals surface area contributed by atoms with Gasteiger partial charge < -0.3 is 9.64 Å². The van der Waals surface area contributed by atoms with Crippen molar-refractivity contribution in [1.82, 2.24) is 4.90 Å². The fourth-order valence-electron chi connectivity index (χ4n) is 1.20. The van der Waals surface area contributed by atoms with E-state index in [2.05, 4.69) is 4.74 Å². The normalized spacial score (nSPS) is 14.2. The zero-order valence-electron chi connectivity index (χ0n) is 10.1. The Morgan fingerprint density at radius 2 is 2.06 bits per heavy atom. The van der Waals surface area contributed by atoms with Crippen LogP contribution in [0.4, 0.5) is 0 Å². The van der Waals surface area contributed by atoms with Gasteiger partial charge in [-0.15, -0.1) is 0 Å². The first-order valence-electron chi connectivity index (χ1n) is 5.36. The van der Waals surface area contributed by atoms with Crippen molar-refractivity contribution in [3.63, 3.8) is 0 Å². The molecule has 1 aliphatic heterocycles. The van der Waals surface area contributed by atoms with Crippen molar-refractivity contribution in [2.45, 2.75) is 33.1 Å². The van der Waals surface area contributed by atoms with Crippen LogP contribution in [0, 0.1) is 0 Å². The summed E-state index contributed by atoms with van der Waals surface area (Å²) in [6.45, 7) is 4.36. The second-order valence-electron chi connectivity index (χ2n) is 3.60. The van der Waals surface area contributed by atoms with Crippen molar-refractivity contribution in [3.05, 3.63) is 0 Å². The van der Waals surface area contributed by atoms with Gasteiger partial charge in [0.05, 0.1) is 6.61 Å². The number of esters is 1. The van der Waals surface area contributed by atoms with Crippen LogP contribution in [0.3, 0.4) is 0 Å². The van der Waals surface area contributed by atoms with E-state index in [0.29, 0.717) is 12.5 Å². The van der Waals surface area contributed by atoms with Crippen molar-refractivity contribution in [3.8, 4) is 0 Å². The molecule has 1 heterocycles. The molecule has 0 aromatic carbocycles. The van der Waals surface area contributed by atoms with Gasteiger partial charge in [-0.2, -0.15) is 0 Å². The molecule has 92 valence electrons. The third kappa shape index (κ3) is 6.98. The van der Waals surface area contributed by atoms with Gasteiger partial charge in [-0.3, -0.25) is 14.4 Å². The first-order valence-corrected chi connectivity index (χ1v) is 5.36. The molecule has 16 heavy (non-hydrogen) atoms. The standard InChI is InChI=1S/C6H10O3.C5H9NO/c1-3-9-6(8)4-5(2)7;1-6-4-2-3-5(6)7/h3-4H2,1-2H3;2-4H2,1H3. The van der Waals surface area contributed by atoms with Gasteiger partial charge in [0.25, 0.3) is 0 Å². The summed E-state index contributed by atoms with van der Waals surface area (Å²) >= 11 is 0. The fraction of sp³-hybridized carbons (Fsp3) is 0.727. The van der Waals surface area contributed by atoms with Crippen molar-refractivity contribution >= 4 is 17.7 Å². The summed E-state index contributed by atoms with van der Waals surface area (Å²) in [6, 6.07) is 0. The molecule has 0 radical (unpaired) electrons. The number of likely N-dealkylation sites (tertiary alicyclic amines) is 1. The SMILES string of the molecule is CCOC(=O)CC(C)=O.CN1CCCC1=O. The topological polar surface area (TPSA) is 63.7 Å². The van der Waals surface area contributed by atoms with Crippen LogP contribution in [0.15, 0.2) is 0 Å². The summed E-state index contributed by atoms with van der Waals surface area (Å²) in [5.74, 6) is -0.307. The Kier molecular flexibility index (Phi) is 7.16. The molecule has 0 N–H and O–H groups in total. The van der Waals surface area contributed by atoms with E-state index in [-0.39, 0.29) is 12.2 Å². The number of ether oxygens (including phenoxy) is 1. The van der Waals surface area contributed by atoms with Crippen LogP contribution >= 0.6 is 0 Å². The van der Waals surface area contributed by atoms with Crippen molar-refractivity contribution in [1.29, 1.82) is 0 Å². The van der Waals surface area contributed by atoms with Crippen molar-refractivity contribution in [2.75, 3.05) is 20.2 Å². The Hall–Kier alpha value is -1.39. The first-order chi connectivity index (χ1) is 7.47. The number of nitrogens with zero attached hydrogens (tertiary/aromatic N) is 1. The Labute approximate surface area is 95.7 Å². The predicted octanol–water partition coefficient (Wildman–Crippen LogP) is 0.767. The molecule has 0 aromatic rings. The molecule has 0 bridgehead atoms. The maximum atomic E-state index is 10.5. The lowest BCUT2D eigenvalue weighted by Crippen LogP contribution is -2.17. The zero-order valence-corrected chi connectivity index (χ0v) is 10.1. The van der Waals surface area contributed by atoms with Gasteiger partial charge in [0.15, 0.2) is 0 Å². The van der Waals surface area contributed by atoms with Crippen LogP contribution in [-0.4, -0.2) is 42.8 Å². The van der Waals surface area contributed by atoms with Crippen molar-refractivity contribution in [2.24, 2.45) is 0 Å². The largest absolute Gasteiger partial charge is 0.466 e. The Balaban J connectivity index is 0.000000288. The number of ketones is 1. The van der Waals surface area contributed by atoms with Crippen LogP contribution in [-0.2, 0) is 19.1 Å². The third-order valence-corrected chi connectivity index (χ3v) is 2.01. The lowest BCUT2D eigenvalue weighted by atomic mass is 10.3. The molecule has 1 fully saturated rings. The maximum absolute atomic E-state index is 10.5. The highest BCUT2D eigenvalue weighted by atomic mass is 16.5. The van der Waals surface area contributed by atoms with Gasteiger partial charge in [0, 0.05) is 20.0 Å². The van der Waals surface area contributed by atoms with Crippen LogP contribution in [0.5, 0.6) is 0 Å². The highest BCUT2D eigenvalue weighted by Gasteiger charge is 2.14. The summed E-state index contributed by atoms with van der Waals surface area (Å²) in [7, 11) is 1.84. The minimum Gasteiger partial charge on any atom is -0.466 e. The Bertz CT molecular complexity index is 263. The maximum Gasteiger partial charge on any atom is 0.313 e. The van der Waals surface area contributed by atoms with Gasteiger partial charge in [0.1, 0.15) is 12.2 Å². The minimum atomic E-state index is -0.440. The smallest absolute Gasteiger partial charge is 0.313 e. The average Bonchev–Trinajstić information content (AvgIpc) is 2.51. The fourth-order valence-corrected chi connectivity index (χ4v) is 1.20. The summed E-state index contributed by atoms with van der Waals surface area (Å²) in [4.78, 5) is 32.9. The first kappa shape index (κ1) is 14.6.